The molecule has 0 aliphatic carbocycles. The van der Waals surface area contributed by atoms with Gasteiger partial charge in [0.2, 0.25) is 0 Å². The summed E-state index contributed by atoms with van der Waals surface area (Å²) >= 11 is 3.53. The van der Waals surface area contributed by atoms with Crippen molar-refractivity contribution in [2.75, 3.05) is 6.26 Å². The highest BCUT2D eigenvalue weighted by atomic mass is 79.9. The number of nitrogens with zero attached hydrogens (tertiary/aromatic N) is 2. The van der Waals surface area contributed by atoms with E-state index in [0.29, 0.717) is 4.90 Å². The van der Waals surface area contributed by atoms with Crippen molar-refractivity contribution in [1.29, 1.82) is 0 Å². The van der Waals surface area contributed by atoms with Gasteiger partial charge in [-0.25, -0.2) is 13.4 Å². The molecule has 0 aliphatic rings. The lowest BCUT2D eigenvalue weighted by Gasteiger charge is -2.01. The fraction of sp³-hybridized carbons (Fsp3) is 0.0714. The number of rotatable bonds is 2. The minimum atomic E-state index is -3.17. The van der Waals surface area contributed by atoms with Crippen LogP contribution in [0.4, 0.5) is 0 Å². The minimum absolute atomic E-state index is 0.307. The predicted molar refractivity (Wildman–Crippen MR) is 81.4 cm³/mol. The van der Waals surface area contributed by atoms with E-state index in [2.05, 4.69) is 20.9 Å². The normalized spacial score (nSPS) is 11.9. The number of aromatic nitrogens is 2. The lowest BCUT2D eigenvalue weighted by molar-refractivity contribution is 0.602. The van der Waals surface area contributed by atoms with Gasteiger partial charge in [-0.3, -0.25) is 4.40 Å². The molecule has 0 saturated carbocycles. The molecule has 0 saturated heterocycles. The standard InChI is InChI=1S/C14H11BrN2O2S/c1-20(18,19)11-7-5-10(6-8-11)13-14(15)17-9-3-2-4-12(17)16-13/h2-9H,1H3. The highest BCUT2D eigenvalue weighted by Crippen LogP contribution is 2.29. The molecule has 0 aliphatic heterocycles. The van der Waals surface area contributed by atoms with Crippen LogP contribution in [-0.4, -0.2) is 24.1 Å². The summed E-state index contributed by atoms with van der Waals surface area (Å²) in [7, 11) is -3.17. The van der Waals surface area contributed by atoms with Gasteiger partial charge in [0.25, 0.3) is 0 Å². The van der Waals surface area contributed by atoms with E-state index < -0.39 is 9.84 Å². The molecule has 2 heterocycles. The van der Waals surface area contributed by atoms with Crippen LogP contribution in [0.1, 0.15) is 0 Å². The Labute approximate surface area is 125 Å². The van der Waals surface area contributed by atoms with E-state index in [9.17, 15) is 8.42 Å². The monoisotopic (exact) mass is 350 g/mol. The number of imidazole rings is 1. The van der Waals surface area contributed by atoms with Gasteiger partial charge in [-0.05, 0) is 40.2 Å². The van der Waals surface area contributed by atoms with Gasteiger partial charge in [-0.2, -0.15) is 0 Å². The van der Waals surface area contributed by atoms with Gasteiger partial charge >= 0.3 is 0 Å². The second kappa shape index (κ2) is 4.71. The van der Waals surface area contributed by atoms with Gasteiger partial charge in [0.15, 0.2) is 9.84 Å². The zero-order valence-corrected chi connectivity index (χ0v) is 13.0. The van der Waals surface area contributed by atoms with E-state index in [1.807, 2.05) is 28.8 Å². The van der Waals surface area contributed by atoms with Crippen LogP contribution in [0.5, 0.6) is 0 Å². The van der Waals surface area contributed by atoms with Crippen LogP contribution in [0.15, 0.2) is 58.2 Å². The van der Waals surface area contributed by atoms with Crippen LogP contribution in [0.3, 0.4) is 0 Å². The highest BCUT2D eigenvalue weighted by Gasteiger charge is 2.12. The fourth-order valence-electron chi connectivity index (χ4n) is 2.01. The maximum absolute atomic E-state index is 11.5. The molecule has 4 nitrogen and oxygen atoms in total. The molecule has 3 aromatic rings. The number of hydrogen-bond acceptors (Lipinski definition) is 3. The first-order valence-electron chi connectivity index (χ1n) is 5.90. The Hall–Kier alpha value is -1.66. The lowest BCUT2D eigenvalue weighted by atomic mass is 10.2. The Balaban J connectivity index is 2.14. The third kappa shape index (κ3) is 2.25. The molecule has 0 unspecified atom stereocenters. The van der Waals surface area contributed by atoms with Crippen molar-refractivity contribution < 1.29 is 8.42 Å². The Morgan fingerprint density at radius 3 is 2.40 bits per heavy atom. The maximum Gasteiger partial charge on any atom is 0.175 e. The Kier molecular flexibility index (Phi) is 3.14. The van der Waals surface area contributed by atoms with E-state index in [1.165, 1.54) is 6.26 Å². The number of halogens is 1. The van der Waals surface area contributed by atoms with Gasteiger partial charge in [-0.15, -0.1) is 0 Å². The van der Waals surface area contributed by atoms with Gasteiger partial charge in [-0.1, -0.05) is 18.2 Å². The molecule has 20 heavy (non-hydrogen) atoms. The summed E-state index contributed by atoms with van der Waals surface area (Å²) in [6.07, 6.45) is 3.11. The van der Waals surface area contributed by atoms with Crippen LogP contribution in [-0.2, 0) is 9.84 Å². The Morgan fingerprint density at radius 1 is 1.10 bits per heavy atom. The molecule has 0 amide bonds. The predicted octanol–water partition coefficient (Wildman–Crippen LogP) is 3.17. The summed E-state index contributed by atoms with van der Waals surface area (Å²) in [6.45, 7) is 0. The molecule has 0 spiro atoms. The molecule has 0 N–H and O–H groups in total. The highest BCUT2D eigenvalue weighted by molar-refractivity contribution is 9.10. The topological polar surface area (TPSA) is 51.4 Å². The first-order chi connectivity index (χ1) is 9.47. The number of pyridine rings is 1. The van der Waals surface area contributed by atoms with Crippen molar-refractivity contribution in [3.63, 3.8) is 0 Å². The van der Waals surface area contributed by atoms with Gasteiger partial charge in [0, 0.05) is 18.0 Å². The Morgan fingerprint density at radius 2 is 1.80 bits per heavy atom. The zero-order chi connectivity index (χ0) is 14.3. The van der Waals surface area contributed by atoms with Crippen molar-refractivity contribution >= 4 is 31.4 Å². The molecule has 0 fully saturated rings. The molecule has 0 bridgehead atoms. The average Bonchev–Trinajstić information content (AvgIpc) is 2.76. The third-order valence-electron chi connectivity index (χ3n) is 3.03. The molecule has 0 radical (unpaired) electrons. The molecule has 3 rings (SSSR count). The first-order valence-corrected chi connectivity index (χ1v) is 8.58. The molecular formula is C14H11BrN2O2S. The van der Waals surface area contributed by atoms with Crippen molar-refractivity contribution in [3.05, 3.63) is 53.3 Å². The molecule has 0 atom stereocenters. The van der Waals surface area contributed by atoms with Gasteiger partial charge in [0.05, 0.1) is 4.90 Å². The number of fused-ring (bicyclic) bond motifs is 1. The van der Waals surface area contributed by atoms with Crippen LogP contribution >= 0.6 is 15.9 Å². The maximum atomic E-state index is 11.5. The van der Waals surface area contributed by atoms with E-state index in [-0.39, 0.29) is 0 Å². The SMILES string of the molecule is CS(=O)(=O)c1ccc(-c2nc3ccccn3c2Br)cc1. The molecule has 1 aromatic carbocycles. The lowest BCUT2D eigenvalue weighted by Crippen LogP contribution is -1.96. The zero-order valence-electron chi connectivity index (χ0n) is 10.6. The third-order valence-corrected chi connectivity index (χ3v) is 4.91. The first kappa shape index (κ1) is 13.3. The summed E-state index contributed by atoms with van der Waals surface area (Å²) in [5.74, 6) is 0. The second-order valence-electron chi connectivity index (χ2n) is 4.48. The number of hydrogen-bond donors (Lipinski definition) is 0. The summed E-state index contributed by atoms with van der Waals surface area (Å²) in [6, 6.07) is 12.5. The smallest absolute Gasteiger partial charge is 0.175 e. The molecular weight excluding hydrogens is 340 g/mol. The van der Waals surface area contributed by atoms with Crippen LogP contribution < -0.4 is 0 Å². The van der Waals surface area contributed by atoms with Crippen molar-refractivity contribution in [2.24, 2.45) is 0 Å². The van der Waals surface area contributed by atoms with Gasteiger partial charge in [0.1, 0.15) is 15.9 Å². The summed E-state index contributed by atoms with van der Waals surface area (Å²) in [4.78, 5) is 4.85. The Bertz CT molecular complexity index is 883. The van der Waals surface area contributed by atoms with Gasteiger partial charge < -0.3 is 0 Å². The largest absolute Gasteiger partial charge is 0.294 e. The summed E-state index contributed by atoms with van der Waals surface area (Å²) in [5, 5.41) is 0. The van der Waals surface area contributed by atoms with Crippen molar-refractivity contribution in [2.45, 2.75) is 4.90 Å². The van der Waals surface area contributed by atoms with Crippen molar-refractivity contribution in [3.8, 4) is 11.3 Å². The van der Waals surface area contributed by atoms with Crippen LogP contribution in [0, 0.1) is 0 Å². The number of sulfone groups is 1. The molecule has 2 aromatic heterocycles. The van der Waals surface area contributed by atoms with Crippen LogP contribution in [0.25, 0.3) is 16.9 Å². The molecule has 102 valence electrons. The quantitative estimate of drug-likeness (QED) is 0.713. The average molecular weight is 351 g/mol. The van der Waals surface area contributed by atoms with E-state index in [1.54, 1.807) is 24.3 Å². The minimum Gasteiger partial charge on any atom is -0.294 e. The van der Waals surface area contributed by atoms with Crippen molar-refractivity contribution in [1.82, 2.24) is 9.38 Å². The summed E-state index contributed by atoms with van der Waals surface area (Å²) in [5.41, 5.74) is 2.49. The number of benzene rings is 1. The van der Waals surface area contributed by atoms with E-state index in [4.69, 9.17) is 0 Å². The van der Waals surface area contributed by atoms with E-state index >= 15 is 0 Å². The molecule has 6 heteroatoms. The second-order valence-corrected chi connectivity index (χ2v) is 7.24. The summed E-state index contributed by atoms with van der Waals surface area (Å²) < 4.78 is 25.7. The van der Waals surface area contributed by atoms with E-state index in [0.717, 1.165) is 21.5 Å². The fourth-order valence-corrected chi connectivity index (χ4v) is 3.26. The van der Waals surface area contributed by atoms with Crippen LogP contribution in [0.2, 0.25) is 0 Å².